The Morgan fingerprint density at radius 1 is 1.18 bits per heavy atom. The first-order valence-corrected chi connectivity index (χ1v) is 7.24. The lowest BCUT2D eigenvalue weighted by Crippen LogP contribution is -2.17. The molecule has 0 saturated heterocycles. The molecular formula is C14H20N4O3S. The number of aryl methyl sites for hydroxylation is 1. The van der Waals surface area contributed by atoms with E-state index in [0.29, 0.717) is 28.6 Å². The first kappa shape index (κ1) is 16.2. The number of aromatic nitrogens is 3. The first-order chi connectivity index (χ1) is 10.6. The van der Waals surface area contributed by atoms with Gasteiger partial charge in [-0.15, -0.1) is 0 Å². The van der Waals surface area contributed by atoms with Crippen molar-refractivity contribution in [2.75, 3.05) is 26.8 Å². The molecule has 8 heteroatoms. The molecule has 1 aromatic heterocycles. The number of H-pyrrole nitrogens is 1. The highest BCUT2D eigenvalue weighted by atomic mass is 32.1. The third kappa shape index (κ3) is 3.16. The predicted octanol–water partition coefficient (Wildman–Crippen LogP) is 2.27. The number of aromatic amines is 1. The lowest BCUT2D eigenvalue weighted by molar-refractivity contribution is 0.324. The Labute approximate surface area is 134 Å². The monoisotopic (exact) mass is 324 g/mol. The molecule has 1 aromatic carbocycles. The number of nitrogens with one attached hydrogen (secondary N) is 2. The summed E-state index contributed by atoms with van der Waals surface area (Å²) in [4.78, 5) is 0. The molecule has 2 N–H and O–H groups in total. The number of nitrogens with zero attached hydrogens (tertiary/aromatic N) is 2. The van der Waals surface area contributed by atoms with Gasteiger partial charge in [-0.3, -0.25) is 5.10 Å². The maximum absolute atomic E-state index is 5.35. The zero-order valence-corrected chi connectivity index (χ0v) is 13.9. The van der Waals surface area contributed by atoms with E-state index in [1.54, 1.807) is 26.0 Å². The molecule has 1 heterocycles. The van der Waals surface area contributed by atoms with Crippen LogP contribution < -0.4 is 19.6 Å². The van der Waals surface area contributed by atoms with Crippen molar-refractivity contribution in [2.24, 2.45) is 0 Å². The Kier molecular flexibility index (Phi) is 5.26. The highest BCUT2D eigenvalue weighted by Crippen LogP contribution is 2.38. The van der Waals surface area contributed by atoms with Crippen LogP contribution in [0.25, 0.3) is 0 Å². The Hall–Kier alpha value is -2.22. The minimum absolute atomic E-state index is 0.532. The van der Waals surface area contributed by atoms with E-state index in [4.69, 9.17) is 26.4 Å². The van der Waals surface area contributed by atoms with E-state index in [1.807, 2.05) is 19.1 Å². The number of hydrogen-bond donors (Lipinski definition) is 2. The van der Waals surface area contributed by atoms with Gasteiger partial charge in [-0.2, -0.15) is 5.10 Å². The lowest BCUT2D eigenvalue weighted by Gasteiger charge is -2.15. The molecule has 0 aliphatic rings. The van der Waals surface area contributed by atoms with Crippen molar-refractivity contribution in [3.8, 4) is 17.2 Å². The van der Waals surface area contributed by atoms with E-state index in [0.717, 1.165) is 17.8 Å². The van der Waals surface area contributed by atoms with Gasteiger partial charge in [-0.1, -0.05) is 6.92 Å². The highest BCUT2D eigenvalue weighted by molar-refractivity contribution is 7.71. The van der Waals surface area contributed by atoms with Gasteiger partial charge in [-0.25, -0.2) is 4.68 Å². The zero-order chi connectivity index (χ0) is 16.1. The molecule has 7 nitrogen and oxygen atoms in total. The molecule has 0 amide bonds. The van der Waals surface area contributed by atoms with Crippen molar-refractivity contribution < 1.29 is 14.2 Å². The minimum atomic E-state index is 0.532. The molecule has 0 spiro atoms. The third-order valence-corrected chi connectivity index (χ3v) is 3.50. The predicted molar refractivity (Wildman–Crippen MR) is 86.0 cm³/mol. The second-order valence-electron chi connectivity index (χ2n) is 4.50. The molecule has 2 rings (SSSR count). The van der Waals surface area contributed by atoms with Crippen LogP contribution in [0, 0.1) is 4.77 Å². The molecule has 0 bridgehead atoms. The SMILES string of the molecule is CCc1n[nH]c(=S)n1NCc1cc(OC)c(OC)c(OC)c1. The van der Waals surface area contributed by atoms with Crippen LogP contribution in [-0.2, 0) is 13.0 Å². The molecule has 0 atom stereocenters. The molecule has 0 aliphatic carbocycles. The summed E-state index contributed by atoms with van der Waals surface area (Å²) < 4.78 is 18.3. The van der Waals surface area contributed by atoms with Gasteiger partial charge >= 0.3 is 0 Å². The summed E-state index contributed by atoms with van der Waals surface area (Å²) in [5, 5.41) is 6.93. The molecule has 0 fully saturated rings. The van der Waals surface area contributed by atoms with Crippen LogP contribution >= 0.6 is 12.2 Å². The number of benzene rings is 1. The summed E-state index contributed by atoms with van der Waals surface area (Å²) in [5.41, 5.74) is 4.21. The number of ether oxygens (including phenoxy) is 3. The van der Waals surface area contributed by atoms with Crippen molar-refractivity contribution in [1.29, 1.82) is 0 Å². The van der Waals surface area contributed by atoms with E-state index in [2.05, 4.69) is 15.6 Å². The van der Waals surface area contributed by atoms with Gasteiger partial charge in [0.2, 0.25) is 10.5 Å². The highest BCUT2D eigenvalue weighted by Gasteiger charge is 2.13. The van der Waals surface area contributed by atoms with Crippen molar-refractivity contribution in [3.63, 3.8) is 0 Å². The van der Waals surface area contributed by atoms with Crippen LogP contribution in [-0.4, -0.2) is 36.2 Å². The van der Waals surface area contributed by atoms with E-state index >= 15 is 0 Å². The maximum atomic E-state index is 5.35. The van der Waals surface area contributed by atoms with Crippen molar-refractivity contribution in [1.82, 2.24) is 14.9 Å². The summed E-state index contributed by atoms with van der Waals surface area (Å²) in [6.45, 7) is 2.56. The van der Waals surface area contributed by atoms with Crippen LogP contribution in [0.2, 0.25) is 0 Å². The van der Waals surface area contributed by atoms with Crippen LogP contribution in [0.4, 0.5) is 0 Å². The van der Waals surface area contributed by atoms with Gasteiger partial charge < -0.3 is 19.6 Å². The van der Waals surface area contributed by atoms with Crippen LogP contribution in [0.3, 0.4) is 0 Å². The fourth-order valence-electron chi connectivity index (χ4n) is 2.14. The van der Waals surface area contributed by atoms with Gasteiger partial charge in [0.25, 0.3) is 0 Å². The molecular weight excluding hydrogens is 304 g/mol. The van der Waals surface area contributed by atoms with Crippen LogP contribution in [0.15, 0.2) is 12.1 Å². The average molecular weight is 324 g/mol. The summed E-state index contributed by atoms with van der Waals surface area (Å²) in [5.74, 6) is 2.65. The topological polar surface area (TPSA) is 73.3 Å². The van der Waals surface area contributed by atoms with E-state index in [1.165, 1.54) is 0 Å². The Morgan fingerprint density at radius 3 is 2.32 bits per heavy atom. The summed E-state index contributed by atoms with van der Waals surface area (Å²) in [7, 11) is 4.77. The summed E-state index contributed by atoms with van der Waals surface area (Å²) >= 11 is 5.20. The number of hydrogen-bond acceptors (Lipinski definition) is 6. The average Bonchev–Trinajstić information content (AvgIpc) is 2.91. The first-order valence-electron chi connectivity index (χ1n) is 6.83. The Balaban J connectivity index is 2.26. The number of rotatable bonds is 7. The molecule has 0 saturated carbocycles. The van der Waals surface area contributed by atoms with Crippen LogP contribution in [0.1, 0.15) is 18.3 Å². The zero-order valence-electron chi connectivity index (χ0n) is 13.1. The Bertz CT molecular complexity index is 671. The fourth-order valence-corrected chi connectivity index (χ4v) is 2.35. The largest absolute Gasteiger partial charge is 0.493 e. The molecule has 120 valence electrons. The molecule has 0 radical (unpaired) electrons. The van der Waals surface area contributed by atoms with Crippen molar-refractivity contribution in [3.05, 3.63) is 28.3 Å². The molecule has 0 aliphatic heterocycles. The van der Waals surface area contributed by atoms with E-state index in [9.17, 15) is 0 Å². The molecule has 22 heavy (non-hydrogen) atoms. The fraction of sp³-hybridized carbons (Fsp3) is 0.429. The second-order valence-corrected chi connectivity index (χ2v) is 4.89. The lowest BCUT2D eigenvalue weighted by atomic mass is 10.2. The summed E-state index contributed by atoms with van der Waals surface area (Å²) in [6.07, 6.45) is 0.773. The van der Waals surface area contributed by atoms with Crippen LogP contribution in [0.5, 0.6) is 17.2 Å². The quantitative estimate of drug-likeness (QED) is 0.761. The smallest absolute Gasteiger partial charge is 0.214 e. The van der Waals surface area contributed by atoms with Crippen molar-refractivity contribution in [2.45, 2.75) is 19.9 Å². The van der Waals surface area contributed by atoms with Gasteiger partial charge in [-0.05, 0) is 29.9 Å². The maximum Gasteiger partial charge on any atom is 0.214 e. The van der Waals surface area contributed by atoms with E-state index < -0.39 is 0 Å². The molecule has 2 aromatic rings. The third-order valence-electron chi connectivity index (χ3n) is 3.22. The standard InChI is InChI=1S/C14H20N4O3S/c1-5-12-16-17-14(22)18(12)15-8-9-6-10(19-2)13(21-4)11(7-9)20-3/h6-7,15H,5,8H2,1-4H3,(H,17,22). The van der Waals surface area contributed by atoms with Gasteiger partial charge in [0.15, 0.2) is 17.3 Å². The molecule has 0 unspecified atom stereocenters. The van der Waals surface area contributed by atoms with Gasteiger partial charge in [0.1, 0.15) is 0 Å². The van der Waals surface area contributed by atoms with Gasteiger partial charge in [0.05, 0.1) is 27.9 Å². The van der Waals surface area contributed by atoms with E-state index in [-0.39, 0.29) is 0 Å². The van der Waals surface area contributed by atoms with Crippen molar-refractivity contribution >= 4 is 12.2 Å². The second kappa shape index (κ2) is 7.17. The Morgan fingerprint density at radius 2 is 1.82 bits per heavy atom. The minimum Gasteiger partial charge on any atom is -0.493 e. The normalized spacial score (nSPS) is 10.4. The summed E-state index contributed by atoms with van der Waals surface area (Å²) in [6, 6.07) is 3.79. The van der Waals surface area contributed by atoms with Gasteiger partial charge in [0, 0.05) is 6.42 Å². The number of methoxy groups -OCH3 is 3.